The molecule has 0 aliphatic rings. The van der Waals surface area contributed by atoms with E-state index in [9.17, 15) is 13.2 Å². The van der Waals surface area contributed by atoms with Crippen molar-refractivity contribution < 1.29 is 8.42 Å². The summed E-state index contributed by atoms with van der Waals surface area (Å²) in [5.74, 6) is 0. The van der Waals surface area contributed by atoms with Gasteiger partial charge in [-0.05, 0) is 47.9 Å². The molecule has 0 amide bonds. The normalized spacial score (nSPS) is 11.9. The van der Waals surface area contributed by atoms with Crippen molar-refractivity contribution in [2.45, 2.75) is 24.6 Å². The summed E-state index contributed by atoms with van der Waals surface area (Å²) in [5.41, 5.74) is 3.02. The highest BCUT2D eigenvalue weighted by atomic mass is 32.2. The van der Waals surface area contributed by atoms with Crippen LogP contribution in [0.1, 0.15) is 16.7 Å². The lowest BCUT2D eigenvalue weighted by atomic mass is 10.0. The van der Waals surface area contributed by atoms with Crippen molar-refractivity contribution in [1.82, 2.24) is 9.71 Å². The molecule has 0 spiro atoms. The Labute approximate surface area is 138 Å². The number of fused-ring (bicyclic) bond motifs is 1. The van der Waals surface area contributed by atoms with Gasteiger partial charge in [-0.15, -0.1) is 11.3 Å². The molecule has 0 atom stereocenters. The topological polar surface area (TPSA) is 79.0 Å². The van der Waals surface area contributed by atoms with Gasteiger partial charge in [0.05, 0.1) is 5.52 Å². The van der Waals surface area contributed by atoms with Crippen molar-refractivity contribution in [2.24, 2.45) is 0 Å². The minimum absolute atomic E-state index is 0.0432. The van der Waals surface area contributed by atoms with E-state index in [1.807, 2.05) is 26.0 Å². The Morgan fingerprint density at radius 2 is 2.00 bits per heavy atom. The summed E-state index contributed by atoms with van der Waals surface area (Å²) in [6.07, 6.45) is 0. The molecule has 0 fully saturated rings. The van der Waals surface area contributed by atoms with E-state index in [-0.39, 0.29) is 16.3 Å². The lowest BCUT2D eigenvalue weighted by molar-refractivity contribution is 0.583. The Morgan fingerprint density at radius 1 is 1.22 bits per heavy atom. The Balaban J connectivity index is 1.94. The third kappa shape index (κ3) is 3.08. The smallest absolute Gasteiger partial charge is 0.252 e. The molecule has 3 aromatic rings. The second kappa shape index (κ2) is 5.92. The number of rotatable bonds is 4. The molecule has 3 rings (SSSR count). The zero-order valence-corrected chi connectivity index (χ0v) is 14.3. The predicted molar refractivity (Wildman–Crippen MR) is 92.4 cm³/mol. The van der Waals surface area contributed by atoms with Crippen LogP contribution < -0.4 is 10.3 Å². The summed E-state index contributed by atoms with van der Waals surface area (Å²) in [4.78, 5) is 15.1. The van der Waals surface area contributed by atoms with Crippen LogP contribution >= 0.6 is 11.3 Å². The fraction of sp³-hybridized carbons (Fsp3) is 0.188. The molecule has 0 saturated carbocycles. The van der Waals surface area contributed by atoms with Gasteiger partial charge in [0.15, 0.2) is 0 Å². The fourth-order valence-electron chi connectivity index (χ4n) is 2.36. The molecule has 2 aromatic heterocycles. The molecule has 23 heavy (non-hydrogen) atoms. The van der Waals surface area contributed by atoms with Crippen molar-refractivity contribution in [3.8, 4) is 0 Å². The van der Waals surface area contributed by atoms with Gasteiger partial charge in [0.1, 0.15) is 4.21 Å². The summed E-state index contributed by atoms with van der Waals surface area (Å²) in [7, 11) is -3.58. The average Bonchev–Trinajstić information content (AvgIpc) is 3.05. The van der Waals surface area contributed by atoms with Gasteiger partial charge in [0.25, 0.3) is 5.56 Å². The van der Waals surface area contributed by atoms with Gasteiger partial charge in [0.2, 0.25) is 10.0 Å². The third-order valence-electron chi connectivity index (χ3n) is 3.84. The predicted octanol–water partition coefficient (Wildman–Crippen LogP) is 2.68. The minimum Gasteiger partial charge on any atom is -0.321 e. The quantitative estimate of drug-likeness (QED) is 0.761. The van der Waals surface area contributed by atoms with E-state index in [0.29, 0.717) is 5.56 Å². The highest BCUT2D eigenvalue weighted by Crippen LogP contribution is 2.19. The first-order valence-corrected chi connectivity index (χ1v) is 9.40. The Bertz CT molecular complexity index is 1020. The van der Waals surface area contributed by atoms with Crippen LogP contribution in [0.25, 0.3) is 10.9 Å². The molecule has 0 aliphatic carbocycles. The molecule has 0 radical (unpaired) electrons. The number of aromatic amines is 1. The number of thiophene rings is 1. The summed E-state index contributed by atoms with van der Waals surface area (Å²) in [5, 5.41) is 2.58. The summed E-state index contributed by atoms with van der Waals surface area (Å²) < 4.78 is 27.0. The standard InChI is InChI=1S/C16H16N2O3S2/c1-10-5-6-12-8-13(16(19)18-15(12)11(10)2)9-17-23(20,21)14-4-3-7-22-14/h3-8,17H,9H2,1-2H3,(H,18,19). The maximum atomic E-state index is 12.2. The van der Waals surface area contributed by atoms with E-state index >= 15 is 0 Å². The molecular formula is C16H16N2O3S2. The molecule has 5 nitrogen and oxygen atoms in total. The number of H-pyrrole nitrogens is 1. The number of hydrogen-bond acceptors (Lipinski definition) is 4. The second-order valence-corrected chi connectivity index (χ2v) is 8.29. The third-order valence-corrected chi connectivity index (χ3v) is 6.64. The van der Waals surface area contributed by atoms with Gasteiger partial charge < -0.3 is 4.98 Å². The Morgan fingerprint density at radius 3 is 2.70 bits per heavy atom. The van der Waals surface area contributed by atoms with E-state index < -0.39 is 10.0 Å². The van der Waals surface area contributed by atoms with Crippen LogP contribution in [0.2, 0.25) is 0 Å². The van der Waals surface area contributed by atoms with Crippen LogP contribution in [-0.4, -0.2) is 13.4 Å². The summed E-state index contributed by atoms with van der Waals surface area (Å²) in [6.45, 7) is 3.89. The van der Waals surface area contributed by atoms with Crippen LogP contribution in [0, 0.1) is 13.8 Å². The average molecular weight is 348 g/mol. The van der Waals surface area contributed by atoms with E-state index in [0.717, 1.165) is 33.4 Å². The first kappa shape index (κ1) is 15.9. The molecule has 0 saturated heterocycles. The lowest BCUT2D eigenvalue weighted by Gasteiger charge is -2.08. The van der Waals surface area contributed by atoms with Crippen molar-refractivity contribution in [1.29, 1.82) is 0 Å². The molecule has 120 valence electrons. The molecule has 1 aromatic carbocycles. The number of benzene rings is 1. The molecule has 0 bridgehead atoms. The molecule has 2 heterocycles. The van der Waals surface area contributed by atoms with Crippen molar-refractivity contribution in [3.05, 3.63) is 62.8 Å². The van der Waals surface area contributed by atoms with Gasteiger partial charge in [-0.1, -0.05) is 18.2 Å². The van der Waals surface area contributed by atoms with Gasteiger partial charge in [-0.3, -0.25) is 4.79 Å². The Kier molecular flexibility index (Phi) is 4.09. The number of nitrogens with one attached hydrogen (secondary N) is 2. The number of hydrogen-bond donors (Lipinski definition) is 2. The zero-order valence-electron chi connectivity index (χ0n) is 12.7. The van der Waals surface area contributed by atoms with Crippen LogP contribution in [0.4, 0.5) is 0 Å². The van der Waals surface area contributed by atoms with Crippen LogP contribution in [-0.2, 0) is 16.6 Å². The number of aryl methyl sites for hydroxylation is 2. The maximum Gasteiger partial charge on any atom is 0.252 e. The highest BCUT2D eigenvalue weighted by Gasteiger charge is 2.15. The number of aromatic nitrogens is 1. The number of pyridine rings is 1. The monoisotopic (exact) mass is 348 g/mol. The van der Waals surface area contributed by atoms with E-state index in [2.05, 4.69) is 9.71 Å². The SMILES string of the molecule is Cc1ccc2cc(CNS(=O)(=O)c3cccs3)c(=O)[nH]c2c1C. The van der Waals surface area contributed by atoms with Gasteiger partial charge in [0, 0.05) is 12.1 Å². The first-order valence-electron chi connectivity index (χ1n) is 7.04. The summed E-state index contributed by atoms with van der Waals surface area (Å²) >= 11 is 1.14. The molecular weight excluding hydrogens is 332 g/mol. The van der Waals surface area contributed by atoms with Crippen LogP contribution in [0.5, 0.6) is 0 Å². The second-order valence-electron chi connectivity index (χ2n) is 5.35. The summed E-state index contributed by atoms with van der Waals surface area (Å²) in [6, 6.07) is 8.84. The number of sulfonamides is 1. The fourth-order valence-corrected chi connectivity index (χ4v) is 4.41. The molecule has 2 N–H and O–H groups in total. The van der Waals surface area contributed by atoms with Crippen molar-refractivity contribution in [2.75, 3.05) is 0 Å². The van der Waals surface area contributed by atoms with E-state index in [4.69, 9.17) is 0 Å². The van der Waals surface area contributed by atoms with Crippen molar-refractivity contribution >= 4 is 32.3 Å². The van der Waals surface area contributed by atoms with Crippen LogP contribution in [0.3, 0.4) is 0 Å². The zero-order chi connectivity index (χ0) is 16.6. The van der Waals surface area contributed by atoms with Gasteiger partial charge in [-0.25, -0.2) is 13.1 Å². The van der Waals surface area contributed by atoms with Gasteiger partial charge in [-0.2, -0.15) is 0 Å². The largest absolute Gasteiger partial charge is 0.321 e. The lowest BCUT2D eigenvalue weighted by Crippen LogP contribution is -2.26. The minimum atomic E-state index is -3.58. The maximum absolute atomic E-state index is 12.2. The molecule has 7 heteroatoms. The molecule has 0 unspecified atom stereocenters. The van der Waals surface area contributed by atoms with Crippen molar-refractivity contribution in [3.63, 3.8) is 0 Å². The van der Waals surface area contributed by atoms with Gasteiger partial charge >= 0.3 is 0 Å². The Hall–Kier alpha value is -1.96. The van der Waals surface area contributed by atoms with E-state index in [1.54, 1.807) is 17.5 Å². The molecule has 0 aliphatic heterocycles. The highest BCUT2D eigenvalue weighted by molar-refractivity contribution is 7.91. The first-order chi connectivity index (χ1) is 10.9. The van der Waals surface area contributed by atoms with Crippen LogP contribution in [0.15, 0.2) is 44.7 Å². The van der Waals surface area contributed by atoms with E-state index in [1.165, 1.54) is 6.07 Å².